The highest BCUT2D eigenvalue weighted by Gasteiger charge is 2.19. The molecule has 0 bridgehead atoms. The monoisotopic (exact) mass is 330 g/mol. The number of nitrogens with zero attached hydrogens (tertiary/aromatic N) is 5. The second kappa shape index (κ2) is 6.86. The van der Waals surface area contributed by atoms with Crippen LogP contribution >= 0.6 is 0 Å². The smallest absolute Gasteiger partial charge is 0.261 e. The first-order chi connectivity index (χ1) is 11.6. The maximum Gasteiger partial charge on any atom is 0.261 e. The molecule has 0 unspecified atom stereocenters. The normalized spacial score (nSPS) is 14.5. The van der Waals surface area contributed by atoms with E-state index in [9.17, 15) is 4.79 Å². The van der Waals surface area contributed by atoms with Crippen LogP contribution in [0.4, 0.5) is 17.5 Å². The zero-order chi connectivity index (χ0) is 17.1. The molecule has 0 atom stereocenters. The zero-order valence-corrected chi connectivity index (χ0v) is 14.2. The lowest BCUT2D eigenvalue weighted by Gasteiger charge is -2.28. The van der Waals surface area contributed by atoms with E-state index in [1.807, 2.05) is 19.0 Å². The van der Waals surface area contributed by atoms with Crippen LogP contribution in [-0.4, -0.2) is 48.2 Å². The molecule has 1 aliphatic rings. The zero-order valence-electron chi connectivity index (χ0n) is 14.2. The predicted molar refractivity (Wildman–Crippen MR) is 91.6 cm³/mol. The number of aryl methyl sites for hydroxylation is 1. The molecular formula is C16H22N6O2. The lowest BCUT2D eigenvalue weighted by atomic mass is 10.1. The summed E-state index contributed by atoms with van der Waals surface area (Å²) in [4.78, 5) is 25.5. The molecule has 1 aliphatic heterocycles. The minimum Gasteiger partial charge on any atom is -0.361 e. The molecule has 8 nitrogen and oxygen atoms in total. The van der Waals surface area contributed by atoms with Crippen LogP contribution in [0.2, 0.25) is 0 Å². The summed E-state index contributed by atoms with van der Waals surface area (Å²) in [5.41, 5.74) is 0.964. The number of amides is 1. The molecule has 1 amide bonds. The van der Waals surface area contributed by atoms with Crippen molar-refractivity contribution < 1.29 is 9.32 Å². The Morgan fingerprint density at radius 2 is 2.00 bits per heavy atom. The summed E-state index contributed by atoms with van der Waals surface area (Å²) in [7, 11) is 3.78. The van der Waals surface area contributed by atoms with Crippen molar-refractivity contribution in [1.29, 1.82) is 0 Å². The summed E-state index contributed by atoms with van der Waals surface area (Å²) >= 11 is 0. The Bertz CT molecular complexity index is 721. The summed E-state index contributed by atoms with van der Waals surface area (Å²) in [6, 6.07) is 0. The molecule has 3 heterocycles. The number of aromatic nitrogens is 3. The third-order valence-corrected chi connectivity index (χ3v) is 4.06. The van der Waals surface area contributed by atoms with Gasteiger partial charge in [0.25, 0.3) is 5.91 Å². The summed E-state index contributed by atoms with van der Waals surface area (Å²) in [5.74, 6) is 1.57. The van der Waals surface area contributed by atoms with E-state index < -0.39 is 0 Å². The van der Waals surface area contributed by atoms with Gasteiger partial charge in [-0.05, 0) is 26.2 Å². The van der Waals surface area contributed by atoms with Gasteiger partial charge >= 0.3 is 0 Å². The third-order valence-electron chi connectivity index (χ3n) is 4.06. The molecule has 0 radical (unpaired) electrons. The minimum atomic E-state index is -0.286. The molecule has 24 heavy (non-hydrogen) atoms. The second-order valence-electron chi connectivity index (χ2n) is 6.10. The van der Waals surface area contributed by atoms with Crippen LogP contribution in [0.1, 0.15) is 35.4 Å². The molecule has 0 spiro atoms. The van der Waals surface area contributed by atoms with E-state index in [1.165, 1.54) is 12.6 Å². The number of anilines is 3. The largest absolute Gasteiger partial charge is 0.361 e. The number of hydrogen-bond donors (Lipinski definition) is 1. The molecule has 1 saturated heterocycles. The van der Waals surface area contributed by atoms with Gasteiger partial charge in [-0.3, -0.25) is 4.79 Å². The average molecular weight is 330 g/mol. The number of piperidine rings is 1. The topological polar surface area (TPSA) is 87.4 Å². The Balaban J connectivity index is 1.84. The molecule has 0 aromatic carbocycles. The van der Waals surface area contributed by atoms with Gasteiger partial charge in [0.15, 0.2) is 5.82 Å². The van der Waals surface area contributed by atoms with Crippen molar-refractivity contribution in [1.82, 2.24) is 15.1 Å². The van der Waals surface area contributed by atoms with E-state index in [2.05, 4.69) is 25.3 Å². The van der Waals surface area contributed by atoms with E-state index in [0.29, 0.717) is 28.8 Å². The van der Waals surface area contributed by atoms with Crippen molar-refractivity contribution in [3.05, 3.63) is 23.7 Å². The van der Waals surface area contributed by atoms with Gasteiger partial charge in [-0.25, -0.2) is 4.98 Å². The molecule has 0 saturated carbocycles. The maximum atomic E-state index is 12.4. The van der Waals surface area contributed by atoms with Gasteiger partial charge in [0, 0.05) is 27.2 Å². The molecule has 0 aliphatic carbocycles. The summed E-state index contributed by atoms with van der Waals surface area (Å²) in [5, 5.41) is 6.47. The molecule has 3 rings (SSSR count). The van der Waals surface area contributed by atoms with Crippen molar-refractivity contribution in [3.63, 3.8) is 0 Å². The van der Waals surface area contributed by atoms with E-state index >= 15 is 0 Å². The number of carbonyl (C=O) groups excluding carboxylic acids is 1. The van der Waals surface area contributed by atoms with Gasteiger partial charge < -0.3 is 19.6 Å². The highest BCUT2D eigenvalue weighted by Crippen LogP contribution is 2.25. The van der Waals surface area contributed by atoms with Crippen molar-refractivity contribution >= 4 is 23.4 Å². The number of carbonyl (C=O) groups is 1. The molecular weight excluding hydrogens is 308 g/mol. The van der Waals surface area contributed by atoms with Crippen LogP contribution in [0, 0.1) is 6.92 Å². The van der Waals surface area contributed by atoms with E-state index in [1.54, 1.807) is 13.1 Å². The van der Waals surface area contributed by atoms with Gasteiger partial charge in [0.05, 0.1) is 12.4 Å². The van der Waals surface area contributed by atoms with Gasteiger partial charge in [0.1, 0.15) is 17.0 Å². The van der Waals surface area contributed by atoms with Gasteiger partial charge in [-0.1, -0.05) is 5.16 Å². The van der Waals surface area contributed by atoms with E-state index in [0.717, 1.165) is 25.9 Å². The van der Waals surface area contributed by atoms with Crippen LogP contribution in [0.15, 0.2) is 16.9 Å². The summed E-state index contributed by atoms with van der Waals surface area (Å²) in [6.07, 6.45) is 6.64. The number of hydrogen-bond acceptors (Lipinski definition) is 7. The highest BCUT2D eigenvalue weighted by atomic mass is 16.5. The van der Waals surface area contributed by atoms with Crippen LogP contribution in [0.5, 0.6) is 0 Å². The van der Waals surface area contributed by atoms with Crippen molar-refractivity contribution in [2.75, 3.05) is 42.3 Å². The first-order valence-corrected chi connectivity index (χ1v) is 8.08. The SMILES string of the molecule is Cc1oncc1C(=O)Nc1cnc(N2CCCCC2)nc1N(C)C. The fourth-order valence-corrected chi connectivity index (χ4v) is 2.75. The Hall–Kier alpha value is -2.64. The lowest BCUT2D eigenvalue weighted by molar-refractivity contribution is 0.102. The number of rotatable bonds is 4. The molecule has 128 valence electrons. The lowest BCUT2D eigenvalue weighted by Crippen LogP contribution is -2.31. The Morgan fingerprint density at radius 1 is 1.25 bits per heavy atom. The molecule has 2 aromatic heterocycles. The maximum absolute atomic E-state index is 12.4. The molecule has 2 aromatic rings. The minimum absolute atomic E-state index is 0.286. The van der Waals surface area contributed by atoms with Crippen LogP contribution < -0.4 is 15.1 Å². The fraction of sp³-hybridized carbons (Fsp3) is 0.500. The molecule has 1 fully saturated rings. The standard InChI is InChI=1S/C16H22N6O2/c1-11-12(9-18-24-11)15(23)19-13-10-17-16(20-14(13)21(2)3)22-7-5-4-6-8-22/h9-10H,4-8H2,1-3H3,(H,19,23). The highest BCUT2D eigenvalue weighted by molar-refractivity contribution is 6.06. The quantitative estimate of drug-likeness (QED) is 0.918. The fourth-order valence-electron chi connectivity index (χ4n) is 2.75. The molecule has 1 N–H and O–H groups in total. The van der Waals surface area contributed by atoms with Gasteiger partial charge in [0.2, 0.25) is 5.95 Å². The van der Waals surface area contributed by atoms with E-state index in [-0.39, 0.29) is 5.91 Å². The molecule has 8 heteroatoms. The second-order valence-corrected chi connectivity index (χ2v) is 6.10. The average Bonchev–Trinajstić information content (AvgIpc) is 3.02. The van der Waals surface area contributed by atoms with Crippen LogP contribution in [-0.2, 0) is 0 Å². The Morgan fingerprint density at radius 3 is 2.62 bits per heavy atom. The Labute approximate surface area is 140 Å². The van der Waals surface area contributed by atoms with Crippen molar-refractivity contribution in [3.8, 4) is 0 Å². The predicted octanol–water partition coefficient (Wildman–Crippen LogP) is 2.08. The number of nitrogens with one attached hydrogen (secondary N) is 1. The Kier molecular flexibility index (Phi) is 4.64. The third kappa shape index (κ3) is 3.32. The van der Waals surface area contributed by atoms with Crippen molar-refractivity contribution in [2.45, 2.75) is 26.2 Å². The van der Waals surface area contributed by atoms with Crippen LogP contribution in [0.25, 0.3) is 0 Å². The first-order valence-electron chi connectivity index (χ1n) is 8.08. The summed E-state index contributed by atoms with van der Waals surface area (Å²) < 4.78 is 4.94. The van der Waals surface area contributed by atoms with Crippen molar-refractivity contribution in [2.24, 2.45) is 0 Å². The van der Waals surface area contributed by atoms with Gasteiger partial charge in [-0.2, -0.15) is 4.98 Å². The van der Waals surface area contributed by atoms with Crippen LogP contribution in [0.3, 0.4) is 0 Å². The summed E-state index contributed by atoms with van der Waals surface area (Å²) in [6.45, 7) is 3.64. The van der Waals surface area contributed by atoms with E-state index in [4.69, 9.17) is 4.52 Å². The first kappa shape index (κ1) is 16.2. The van der Waals surface area contributed by atoms with Gasteiger partial charge in [-0.15, -0.1) is 0 Å².